The molecule has 0 aliphatic rings. The van der Waals surface area contributed by atoms with Crippen molar-refractivity contribution in [3.8, 4) is 0 Å². The van der Waals surface area contributed by atoms with E-state index in [1.165, 1.54) is 6.92 Å². The minimum absolute atomic E-state index is 0.145. The number of hydrogen-bond donors (Lipinski definition) is 0. The van der Waals surface area contributed by atoms with Crippen LogP contribution in [0.15, 0.2) is 18.2 Å². The molecule has 0 saturated heterocycles. The fourth-order valence-corrected chi connectivity index (χ4v) is 1.08. The van der Waals surface area contributed by atoms with Gasteiger partial charge in [-0.25, -0.2) is 8.78 Å². The number of halogens is 3. The van der Waals surface area contributed by atoms with Crippen LogP contribution < -0.4 is 0 Å². The van der Waals surface area contributed by atoms with Crippen molar-refractivity contribution in [3.05, 3.63) is 35.4 Å². The molecular formula is C9H7ClF2O. The van der Waals surface area contributed by atoms with Crippen LogP contribution in [0.25, 0.3) is 0 Å². The lowest BCUT2D eigenvalue weighted by atomic mass is 10.1. The second kappa shape index (κ2) is 3.83. The zero-order chi connectivity index (χ0) is 10.0. The summed E-state index contributed by atoms with van der Waals surface area (Å²) in [6.45, 7) is 1.26. The molecule has 0 aromatic heterocycles. The fourth-order valence-electron chi connectivity index (χ4n) is 0.956. The minimum atomic E-state index is -0.981. The number of ketones is 1. The van der Waals surface area contributed by atoms with E-state index < -0.39 is 17.0 Å². The predicted molar refractivity (Wildman–Crippen MR) is 45.6 cm³/mol. The van der Waals surface area contributed by atoms with Gasteiger partial charge < -0.3 is 0 Å². The van der Waals surface area contributed by atoms with Crippen LogP contribution in [0.4, 0.5) is 8.78 Å². The number of hydrogen-bond acceptors (Lipinski definition) is 1. The van der Waals surface area contributed by atoms with E-state index in [9.17, 15) is 13.6 Å². The fraction of sp³-hybridized carbons (Fsp3) is 0.222. The molecule has 13 heavy (non-hydrogen) atoms. The monoisotopic (exact) mass is 204 g/mol. The Labute approximate surface area is 79.3 Å². The summed E-state index contributed by atoms with van der Waals surface area (Å²) in [7, 11) is 0. The molecule has 0 aliphatic carbocycles. The van der Waals surface area contributed by atoms with E-state index in [0.717, 1.165) is 18.2 Å². The zero-order valence-electron chi connectivity index (χ0n) is 6.85. The summed E-state index contributed by atoms with van der Waals surface area (Å²) in [4.78, 5) is 10.8. The number of alkyl halides is 1. The summed E-state index contributed by atoms with van der Waals surface area (Å²) in [5.41, 5.74) is 0.145. The average Bonchev–Trinajstić information content (AvgIpc) is 2.01. The molecule has 0 aliphatic heterocycles. The van der Waals surface area contributed by atoms with Crippen LogP contribution in [-0.4, -0.2) is 5.78 Å². The van der Waals surface area contributed by atoms with E-state index in [0.29, 0.717) is 0 Å². The molecule has 0 fully saturated rings. The molecule has 1 aromatic rings. The van der Waals surface area contributed by atoms with Crippen molar-refractivity contribution in [3.63, 3.8) is 0 Å². The van der Waals surface area contributed by atoms with Crippen molar-refractivity contribution in [2.45, 2.75) is 12.3 Å². The molecule has 0 spiro atoms. The van der Waals surface area contributed by atoms with E-state index in [2.05, 4.69) is 0 Å². The molecular weight excluding hydrogens is 198 g/mol. The summed E-state index contributed by atoms with van der Waals surface area (Å²) in [6, 6.07) is 2.82. The van der Waals surface area contributed by atoms with Crippen molar-refractivity contribution in [1.82, 2.24) is 0 Å². The summed E-state index contributed by atoms with van der Waals surface area (Å²) >= 11 is 5.60. The van der Waals surface area contributed by atoms with Gasteiger partial charge in [0, 0.05) is 6.07 Å². The lowest BCUT2D eigenvalue weighted by molar-refractivity contribution is -0.116. The van der Waals surface area contributed by atoms with Gasteiger partial charge in [-0.05, 0) is 24.6 Å². The van der Waals surface area contributed by atoms with Crippen molar-refractivity contribution in [2.24, 2.45) is 0 Å². The smallest absolute Gasteiger partial charge is 0.152 e. The van der Waals surface area contributed by atoms with Crippen molar-refractivity contribution < 1.29 is 13.6 Å². The third-order valence-electron chi connectivity index (χ3n) is 1.53. The number of Topliss-reactive ketones (excluding diaryl/α,β-unsaturated/α-hetero) is 1. The van der Waals surface area contributed by atoms with Gasteiger partial charge in [0.05, 0.1) is 0 Å². The molecule has 1 nitrogen and oxygen atoms in total. The van der Waals surface area contributed by atoms with Crippen LogP contribution >= 0.6 is 11.6 Å². The molecule has 0 saturated carbocycles. The zero-order valence-corrected chi connectivity index (χ0v) is 7.61. The lowest BCUT2D eigenvalue weighted by Gasteiger charge is -2.05. The van der Waals surface area contributed by atoms with Crippen LogP contribution in [0.1, 0.15) is 17.9 Å². The van der Waals surface area contributed by atoms with Crippen molar-refractivity contribution >= 4 is 17.4 Å². The molecule has 70 valence electrons. The summed E-state index contributed by atoms with van der Waals surface area (Å²) in [5, 5.41) is -0.981. The van der Waals surface area contributed by atoms with E-state index in [-0.39, 0.29) is 11.3 Å². The molecule has 1 atom stereocenters. The van der Waals surface area contributed by atoms with Gasteiger partial charge in [0.2, 0.25) is 0 Å². The molecule has 0 amide bonds. The van der Waals surface area contributed by atoms with E-state index >= 15 is 0 Å². The SMILES string of the molecule is CC(=O)C(Cl)c1cc(F)cc(F)c1. The van der Waals surface area contributed by atoms with Gasteiger partial charge in [-0.15, -0.1) is 11.6 Å². The molecule has 1 aromatic carbocycles. The van der Waals surface area contributed by atoms with Gasteiger partial charge in [0.1, 0.15) is 17.0 Å². The van der Waals surface area contributed by atoms with Gasteiger partial charge >= 0.3 is 0 Å². The Bertz CT molecular complexity index is 318. The van der Waals surface area contributed by atoms with Gasteiger partial charge in [-0.1, -0.05) is 0 Å². The van der Waals surface area contributed by atoms with Crippen LogP contribution in [0.3, 0.4) is 0 Å². The minimum Gasteiger partial charge on any atom is -0.298 e. The largest absolute Gasteiger partial charge is 0.298 e. The van der Waals surface area contributed by atoms with Crippen LogP contribution in [-0.2, 0) is 4.79 Å². The highest BCUT2D eigenvalue weighted by Gasteiger charge is 2.14. The second-order valence-corrected chi connectivity index (χ2v) is 3.11. The molecule has 1 rings (SSSR count). The highest BCUT2D eigenvalue weighted by molar-refractivity contribution is 6.30. The van der Waals surface area contributed by atoms with E-state index in [1.807, 2.05) is 0 Å². The second-order valence-electron chi connectivity index (χ2n) is 2.68. The van der Waals surface area contributed by atoms with Gasteiger partial charge in [0.15, 0.2) is 5.78 Å². The van der Waals surface area contributed by atoms with E-state index in [1.54, 1.807) is 0 Å². The Morgan fingerprint density at radius 2 is 1.77 bits per heavy atom. The maximum Gasteiger partial charge on any atom is 0.152 e. The third-order valence-corrected chi connectivity index (χ3v) is 2.09. The van der Waals surface area contributed by atoms with Gasteiger partial charge in [0.25, 0.3) is 0 Å². The normalized spacial score (nSPS) is 12.6. The average molecular weight is 205 g/mol. The van der Waals surface area contributed by atoms with Gasteiger partial charge in [-0.3, -0.25) is 4.79 Å². The summed E-state index contributed by atoms with van der Waals surface area (Å²) in [6.07, 6.45) is 0. The molecule has 0 radical (unpaired) electrons. The first-order chi connectivity index (χ1) is 6.00. The number of rotatable bonds is 2. The van der Waals surface area contributed by atoms with E-state index in [4.69, 9.17) is 11.6 Å². The number of carbonyl (C=O) groups is 1. The Kier molecular flexibility index (Phi) is 2.98. The van der Waals surface area contributed by atoms with Crippen LogP contribution in [0.2, 0.25) is 0 Å². The third kappa shape index (κ3) is 2.49. The lowest BCUT2D eigenvalue weighted by Crippen LogP contribution is -2.02. The topological polar surface area (TPSA) is 17.1 Å². The molecule has 0 bridgehead atoms. The maximum atomic E-state index is 12.6. The standard InChI is InChI=1S/C9H7ClF2O/c1-5(13)9(10)6-2-7(11)4-8(12)3-6/h2-4,9H,1H3. The molecule has 1 unspecified atom stereocenters. The molecule has 0 N–H and O–H groups in total. The highest BCUT2D eigenvalue weighted by Crippen LogP contribution is 2.22. The first-order valence-corrected chi connectivity index (χ1v) is 4.05. The first-order valence-electron chi connectivity index (χ1n) is 3.61. The van der Waals surface area contributed by atoms with Crippen molar-refractivity contribution in [2.75, 3.05) is 0 Å². The highest BCUT2D eigenvalue weighted by atomic mass is 35.5. The Morgan fingerprint density at radius 3 is 2.15 bits per heavy atom. The van der Waals surface area contributed by atoms with Gasteiger partial charge in [-0.2, -0.15) is 0 Å². The number of carbonyl (C=O) groups excluding carboxylic acids is 1. The predicted octanol–water partition coefficient (Wildman–Crippen LogP) is 2.83. The maximum absolute atomic E-state index is 12.6. The Balaban J connectivity index is 3.07. The first kappa shape index (κ1) is 10.1. The quantitative estimate of drug-likeness (QED) is 0.677. The Morgan fingerprint density at radius 1 is 1.31 bits per heavy atom. The summed E-state index contributed by atoms with van der Waals surface area (Å²) < 4.78 is 25.3. The molecule has 0 heterocycles. The van der Waals surface area contributed by atoms with Crippen molar-refractivity contribution in [1.29, 1.82) is 0 Å². The Hall–Kier alpha value is -0.960. The summed E-state index contributed by atoms with van der Waals surface area (Å²) in [5.74, 6) is -1.81. The number of benzene rings is 1. The van der Waals surface area contributed by atoms with Crippen LogP contribution in [0, 0.1) is 11.6 Å². The molecule has 4 heteroatoms. The van der Waals surface area contributed by atoms with Crippen LogP contribution in [0.5, 0.6) is 0 Å².